The Balaban J connectivity index is 2.29. The summed E-state index contributed by atoms with van der Waals surface area (Å²) in [5.41, 5.74) is 1.06. The van der Waals surface area contributed by atoms with Crippen molar-refractivity contribution in [1.29, 1.82) is 0 Å². The van der Waals surface area contributed by atoms with Gasteiger partial charge >= 0.3 is 0 Å². The van der Waals surface area contributed by atoms with Crippen molar-refractivity contribution in [3.05, 3.63) is 17.7 Å². The number of aliphatic hydroxyl groups excluding tert-OH is 1. The highest BCUT2D eigenvalue weighted by Gasteiger charge is 2.30. The molecular formula is C9H14N2O2. The minimum Gasteiger partial charge on any atom is -0.390 e. The monoisotopic (exact) mass is 182 g/mol. The van der Waals surface area contributed by atoms with Crippen LogP contribution in [0.5, 0.6) is 0 Å². The Bertz CT molecular complexity index is 309. The quantitative estimate of drug-likeness (QED) is 0.675. The van der Waals surface area contributed by atoms with E-state index in [-0.39, 0.29) is 12.0 Å². The van der Waals surface area contributed by atoms with Gasteiger partial charge in [0.05, 0.1) is 25.2 Å². The summed E-state index contributed by atoms with van der Waals surface area (Å²) >= 11 is 0. The van der Waals surface area contributed by atoms with Crippen LogP contribution in [0.15, 0.2) is 6.20 Å². The molecule has 0 amide bonds. The lowest BCUT2D eigenvalue weighted by Gasteiger charge is -2.12. The fraction of sp³-hybridized carbons (Fsp3) is 0.667. The molecule has 72 valence electrons. The third-order valence-electron chi connectivity index (χ3n) is 2.69. The number of aliphatic hydroxyl groups is 1. The van der Waals surface area contributed by atoms with Gasteiger partial charge in [-0.25, -0.2) is 4.98 Å². The Hall–Kier alpha value is -0.870. The molecule has 0 saturated carbocycles. The van der Waals surface area contributed by atoms with Crippen molar-refractivity contribution in [1.82, 2.24) is 9.55 Å². The number of aryl methyl sites for hydroxylation is 1. The molecule has 1 saturated heterocycles. The molecule has 2 rings (SSSR count). The molecule has 2 heterocycles. The molecule has 0 radical (unpaired) electrons. The maximum Gasteiger partial charge on any atom is 0.105 e. The van der Waals surface area contributed by atoms with Crippen LogP contribution in [0.25, 0.3) is 0 Å². The standard InChI is InChI=1S/C9H14N2O2/c1-6-10-3-8(11(6)2)7-4-13-5-9(7)12/h3,7,9,12H,4-5H2,1-2H3. The van der Waals surface area contributed by atoms with Gasteiger partial charge in [-0.15, -0.1) is 0 Å². The van der Waals surface area contributed by atoms with Gasteiger partial charge < -0.3 is 14.4 Å². The van der Waals surface area contributed by atoms with Crippen molar-refractivity contribution in [2.75, 3.05) is 13.2 Å². The fourth-order valence-electron chi connectivity index (χ4n) is 1.69. The van der Waals surface area contributed by atoms with Gasteiger partial charge in [-0.2, -0.15) is 0 Å². The van der Waals surface area contributed by atoms with Gasteiger partial charge in [0.1, 0.15) is 5.82 Å². The highest BCUT2D eigenvalue weighted by Crippen LogP contribution is 2.25. The van der Waals surface area contributed by atoms with E-state index >= 15 is 0 Å². The highest BCUT2D eigenvalue weighted by atomic mass is 16.5. The van der Waals surface area contributed by atoms with Gasteiger partial charge in [0, 0.05) is 18.9 Å². The summed E-state index contributed by atoms with van der Waals surface area (Å²) in [6.45, 7) is 2.99. The molecule has 1 aromatic rings. The predicted octanol–water partition coefficient (Wildman–Crippen LogP) is 0.203. The topological polar surface area (TPSA) is 47.3 Å². The molecule has 1 aromatic heterocycles. The van der Waals surface area contributed by atoms with Crippen molar-refractivity contribution in [3.8, 4) is 0 Å². The molecule has 1 aliphatic heterocycles. The molecule has 1 aliphatic rings. The summed E-state index contributed by atoms with van der Waals surface area (Å²) < 4.78 is 7.20. The van der Waals surface area contributed by atoms with Crippen molar-refractivity contribution in [2.24, 2.45) is 7.05 Å². The molecule has 4 nitrogen and oxygen atoms in total. The molecule has 0 aromatic carbocycles. The second kappa shape index (κ2) is 3.12. The Morgan fingerprint density at radius 3 is 2.85 bits per heavy atom. The molecule has 13 heavy (non-hydrogen) atoms. The first-order chi connectivity index (χ1) is 6.20. The summed E-state index contributed by atoms with van der Waals surface area (Å²) in [5.74, 6) is 1.06. The SMILES string of the molecule is Cc1ncc(C2COCC2O)n1C. The Morgan fingerprint density at radius 1 is 1.62 bits per heavy atom. The largest absolute Gasteiger partial charge is 0.390 e. The Kier molecular flexibility index (Phi) is 2.09. The Morgan fingerprint density at radius 2 is 2.38 bits per heavy atom. The van der Waals surface area contributed by atoms with Crippen LogP contribution in [0, 0.1) is 6.92 Å². The fourth-order valence-corrected chi connectivity index (χ4v) is 1.69. The maximum absolute atomic E-state index is 9.61. The Labute approximate surface area is 77.2 Å². The van der Waals surface area contributed by atoms with Gasteiger partial charge in [-0.1, -0.05) is 0 Å². The average Bonchev–Trinajstić information content (AvgIpc) is 2.62. The third-order valence-corrected chi connectivity index (χ3v) is 2.69. The number of nitrogens with zero attached hydrogens (tertiary/aromatic N) is 2. The summed E-state index contributed by atoms with van der Waals surface area (Å²) in [7, 11) is 1.96. The molecule has 1 fully saturated rings. The van der Waals surface area contributed by atoms with Gasteiger partial charge in [-0.05, 0) is 6.92 Å². The van der Waals surface area contributed by atoms with Crippen LogP contribution in [0.2, 0.25) is 0 Å². The zero-order valence-electron chi connectivity index (χ0n) is 7.90. The zero-order chi connectivity index (χ0) is 9.42. The van der Waals surface area contributed by atoms with Crippen LogP contribution in [0.1, 0.15) is 17.4 Å². The molecule has 1 N–H and O–H groups in total. The second-order valence-corrected chi connectivity index (χ2v) is 3.50. The highest BCUT2D eigenvalue weighted by molar-refractivity contribution is 5.13. The summed E-state index contributed by atoms with van der Waals surface area (Å²) in [4.78, 5) is 4.19. The van der Waals surface area contributed by atoms with Gasteiger partial charge in [0.25, 0.3) is 0 Å². The van der Waals surface area contributed by atoms with E-state index in [4.69, 9.17) is 4.74 Å². The summed E-state index contributed by atoms with van der Waals surface area (Å²) in [6.07, 6.45) is 1.44. The molecule has 0 spiro atoms. The normalized spacial score (nSPS) is 28.2. The van der Waals surface area contributed by atoms with E-state index < -0.39 is 0 Å². The van der Waals surface area contributed by atoms with Crippen LogP contribution < -0.4 is 0 Å². The second-order valence-electron chi connectivity index (χ2n) is 3.50. The summed E-state index contributed by atoms with van der Waals surface area (Å²) in [5, 5.41) is 9.61. The number of imidazole rings is 1. The summed E-state index contributed by atoms with van der Waals surface area (Å²) in [6, 6.07) is 0. The smallest absolute Gasteiger partial charge is 0.105 e. The van der Waals surface area contributed by atoms with E-state index in [0.29, 0.717) is 13.2 Å². The van der Waals surface area contributed by atoms with E-state index in [1.54, 1.807) is 0 Å². The van der Waals surface area contributed by atoms with Crippen molar-refractivity contribution >= 4 is 0 Å². The number of hydrogen-bond acceptors (Lipinski definition) is 3. The predicted molar refractivity (Wildman–Crippen MR) is 47.5 cm³/mol. The number of ether oxygens (including phenoxy) is 1. The molecule has 4 heteroatoms. The lowest BCUT2D eigenvalue weighted by Crippen LogP contribution is -2.18. The molecule has 0 aliphatic carbocycles. The van der Waals surface area contributed by atoms with Crippen molar-refractivity contribution < 1.29 is 9.84 Å². The van der Waals surface area contributed by atoms with E-state index in [0.717, 1.165) is 11.5 Å². The van der Waals surface area contributed by atoms with Crippen LogP contribution in [-0.4, -0.2) is 34.0 Å². The third kappa shape index (κ3) is 1.36. The van der Waals surface area contributed by atoms with Gasteiger partial charge in [0.15, 0.2) is 0 Å². The van der Waals surface area contributed by atoms with Crippen LogP contribution in [-0.2, 0) is 11.8 Å². The lowest BCUT2D eigenvalue weighted by atomic mass is 10.0. The minimum atomic E-state index is -0.380. The van der Waals surface area contributed by atoms with Crippen molar-refractivity contribution in [3.63, 3.8) is 0 Å². The number of aromatic nitrogens is 2. The van der Waals surface area contributed by atoms with Crippen LogP contribution >= 0.6 is 0 Å². The van der Waals surface area contributed by atoms with E-state index in [9.17, 15) is 5.11 Å². The van der Waals surface area contributed by atoms with E-state index in [1.807, 2.05) is 24.7 Å². The van der Waals surface area contributed by atoms with E-state index in [1.165, 1.54) is 0 Å². The van der Waals surface area contributed by atoms with Gasteiger partial charge in [-0.3, -0.25) is 0 Å². The molecule has 2 atom stereocenters. The maximum atomic E-state index is 9.61. The van der Waals surface area contributed by atoms with Crippen LogP contribution in [0.4, 0.5) is 0 Å². The average molecular weight is 182 g/mol. The molecular weight excluding hydrogens is 168 g/mol. The first kappa shape index (κ1) is 8.72. The zero-order valence-corrected chi connectivity index (χ0v) is 7.90. The lowest BCUT2D eigenvalue weighted by molar-refractivity contribution is 0.124. The minimum absolute atomic E-state index is 0.0891. The molecule has 0 bridgehead atoms. The number of hydrogen-bond donors (Lipinski definition) is 1. The van der Waals surface area contributed by atoms with E-state index in [2.05, 4.69) is 4.98 Å². The molecule has 2 unspecified atom stereocenters. The first-order valence-electron chi connectivity index (χ1n) is 4.44. The van der Waals surface area contributed by atoms with Crippen LogP contribution in [0.3, 0.4) is 0 Å². The van der Waals surface area contributed by atoms with Crippen molar-refractivity contribution in [2.45, 2.75) is 18.9 Å². The van der Waals surface area contributed by atoms with Gasteiger partial charge in [0.2, 0.25) is 0 Å². The number of rotatable bonds is 1. The first-order valence-corrected chi connectivity index (χ1v) is 4.44.